The SMILES string of the molecule is c1ccc(-c2nc(-c3ccccc3)nc(-c3ccc4sc5c(-n6c7cc8ccccc8cc7c7cc8ccccc8cc76)cccc5c4c3)n2)cc1. The summed E-state index contributed by atoms with van der Waals surface area (Å²) < 4.78 is 4.95. The molecule has 0 saturated carbocycles. The van der Waals surface area contributed by atoms with Crippen molar-refractivity contribution in [2.45, 2.75) is 0 Å². The van der Waals surface area contributed by atoms with Crippen molar-refractivity contribution in [2.75, 3.05) is 0 Å². The van der Waals surface area contributed by atoms with Crippen LogP contribution in [0.4, 0.5) is 0 Å². The largest absolute Gasteiger partial charge is 0.308 e. The van der Waals surface area contributed by atoms with Crippen LogP contribution >= 0.6 is 11.3 Å². The van der Waals surface area contributed by atoms with Gasteiger partial charge in [-0.2, -0.15) is 0 Å². The van der Waals surface area contributed by atoms with Gasteiger partial charge in [-0.1, -0.05) is 121 Å². The van der Waals surface area contributed by atoms with Crippen LogP contribution in [-0.4, -0.2) is 19.5 Å². The Hall–Kier alpha value is -6.69. The molecule has 0 aliphatic carbocycles. The first kappa shape index (κ1) is 29.1. The molecule has 5 heteroatoms. The number of fused-ring (bicyclic) bond motifs is 8. The quantitative estimate of drug-likeness (QED) is 0.186. The number of benzene rings is 8. The van der Waals surface area contributed by atoms with Gasteiger partial charge in [0.15, 0.2) is 17.5 Å². The van der Waals surface area contributed by atoms with E-state index < -0.39 is 0 Å². The Morgan fingerprint density at radius 2 is 0.865 bits per heavy atom. The summed E-state index contributed by atoms with van der Waals surface area (Å²) in [5.41, 5.74) is 6.49. The summed E-state index contributed by atoms with van der Waals surface area (Å²) in [6, 6.07) is 60.4. The molecule has 8 aromatic carbocycles. The van der Waals surface area contributed by atoms with E-state index in [4.69, 9.17) is 15.0 Å². The van der Waals surface area contributed by atoms with Gasteiger partial charge in [0, 0.05) is 42.9 Å². The maximum Gasteiger partial charge on any atom is 0.164 e. The van der Waals surface area contributed by atoms with Gasteiger partial charge < -0.3 is 4.57 Å². The molecule has 0 unspecified atom stereocenters. The average molecular weight is 681 g/mol. The minimum Gasteiger partial charge on any atom is -0.308 e. The second-order valence-corrected chi connectivity index (χ2v) is 14.3. The van der Waals surface area contributed by atoms with E-state index in [0.717, 1.165) is 16.7 Å². The minimum absolute atomic E-state index is 0.659. The zero-order valence-electron chi connectivity index (χ0n) is 27.9. The van der Waals surface area contributed by atoms with Crippen LogP contribution in [0, 0.1) is 0 Å². The molecule has 242 valence electrons. The van der Waals surface area contributed by atoms with E-state index in [2.05, 4.69) is 114 Å². The maximum absolute atomic E-state index is 5.02. The number of hydrogen-bond acceptors (Lipinski definition) is 4. The highest BCUT2D eigenvalue weighted by Crippen LogP contribution is 2.43. The maximum atomic E-state index is 5.02. The van der Waals surface area contributed by atoms with Gasteiger partial charge in [-0.05, 0) is 70.1 Å². The molecule has 0 aliphatic heterocycles. The van der Waals surface area contributed by atoms with E-state index in [1.807, 2.05) is 72.0 Å². The molecule has 0 bridgehead atoms. The fourth-order valence-corrected chi connectivity index (χ4v) is 8.87. The van der Waals surface area contributed by atoms with Gasteiger partial charge in [0.05, 0.1) is 21.4 Å². The molecule has 0 radical (unpaired) electrons. The lowest BCUT2D eigenvalue weighted by atomic mass is 10.0. The van der Waals surface area contributed by atoms with Crippen molar-refractivity contribution >= 4 is 74.9 Å². The number of aromatic nitrogens is 4. The van der Waals surface area contributed by atoms with Gasteiger partial charge in [-0.3, -0.25) is 0 Å². The topological polar surface area (TPSA) is 43.6 Å². The molecule has 0 N–H and O–H groups in total. The molecule has 0 fully saturated rings. The summed E-state index contributed by atoms with van der Waals surface area (Å²) in [5.74, 6) is 1.98. The lowest BCUT2D eigenvalue weighted by molar-refractivity contribution is 1.07. The van der Waals surface area contributed by atoms with E-state index in [1.165, 1.54) is 69.2 Å². The second-order valence-electron chi connectivity index (χ2n) is 13.3. The lowest BCUT2D eigenvalue weighted by Gasteiger charge is -2.10. The van der Waals surface area contributed by atoms with Crippen LogP contribution < -0.4 is 0 Å². The van der Waals surface area contributed by atoms with Gasteiger partial charge in [0.2, 0.25) is 0 Å². The van der Waals surface area contributed by atoms with Gasteiger partial charge in [-0.25, -0.2) is 15.0 Å². The standard InChI is InChI=1S/C47H28N4S/c1-3-12-29(13-4-1)45-48-46(30-14-5-2-6-15-30)50-47(49-45)35-22-23-43-39(26-35)36-20-11-21-40(44(36)52-43)51-41-27-33-18-9-7-16-31(33)24-37(41)38-25-32-17-8-10-19-34(32)28-42(38)51/h1-28H. The van der Waals surface area contributed by atoms with E-state index in [1.54, 1.807) is 0 Å². The first-order valence-corrected chi connectivity index (χ1v) is 18.3. The highest BCUT2D eigenvalue weighted by atomic mass is 32.1. The summed E-state index contributed by atoms with van der Waals surface area (Å²) in [6.07, 6.45) is 0. The minimum atomic E-state index is 0.659. The number of thiophene rings is 1. The third kappa shape index (κ3) is 4.57. The molecule has 0 spiro atoms. The first-order valence-electron chi connectivity index (χ1n) is 17.4. The van der Waals surface area contributed by atoms with Gasteiger partial charge in [0.25, 0.3) is 0 Å². The fourth-order valence-electron chi connectivity index (χ4n) is 7.68. The monoisotopic (exact) mass is 680 g/mol. The van der Waals surface area contributed by atoms with Crippen LogP contribution in [0.1, 0.15) is 0 Å². The summed E-state index contributed by atoms with van der Waals surface area (Å²) in [5, 5.41) is 9.91. The van der Waals surface area contributed by atoms with Crippen LogP contribution in [0.5, 0.6) is 0 Å². The molecule has 3 aromatic heterocycles. The average Bonchev–Trinajstić information content (AvgIpc) is 3.74. The number of nitrogens with zero attached hydrogens (tertiary/aromatic N) is 4. The van der Waals surface area contributed by atoms with Crippen molar-refractivity contribution in [3.63, 3.8) is 0 Å². The summed E-state index contributed by atoms with van der Waals surface area (Å²) >= 11 is 1.84. The van der Waals surface area contributed by atoms with Crippen LogP contribution in [0.25, 0.3) is 103 Å². The van der Waals surface area contributed by atoms with Crippen molar-refractivity contribution in [3.8, 4) is 39.9 Å². The molecular weight excluding hydrogens is 653 g/mol. The molecule has 11 rings (SSSR count). The number of hydrogen-bond donors (Lipinski definition) is 0. The molecule has 52 heavy (non-hydrogen) atoms. The molecular formula is C47H28N4S. The first-order chi connectivity index (χ1) is 25.7. The zero-order valence-corrected chi connectivity index (χ0v) is 28.7. The molecule has 0 aliphatic rings. The Morgan fingerprint density at radius 1 is 0.365 bits per heavy atom. The molecule has 3 heterocycles. The Bertz CT molecular complexity index is 3030. The van der Waals surface area contributed by atoms with E-state index in [0.29, 0.717) is 17.5 Å². The summed E-state index contributed by atoms with van der Waals surface area (Å²) in [4.78, 5) is 15.0. The predicted molar refractivity (Wildman–Crippen MR) is 218 cm³/mol. The van der Waals surface area contributed by atoms with E-state index >= 15 is 0 Å². The van der Waals surface area contributed by atoms with E-state index in [9.17, 15) is 0 Å². The Labute approximate surface area is 302 Å². The third-order valence-corrected chi connectivity index (χ3v) is 11.4. The summed E-state index contributed by atoms with van der Waals surface area (Å²) in [7, 11) is 0. The predicted octanol–water partition coefficient (Wildman–Crippen LogP) is 12.6. The van der Waals surface area contributed by atoms with Crippen molar-refractivity contribution in [2.24, 2.45) is 0 Å². The second kappa shape index (κ2) is 11.4. The van der Waals surface area contributed by atoms with Gasteiger partial charge >= 0.3 is 0 Å². The molecule has 0 amide bonds. The molecule has 0 atom stereocenters. The lowest BCUT2D eigenvalue weighted by Crippen LogP contribution is -2.00. The smallest absolute Gasteiger partial charge is 0.164 e. The highest BCUT2D eigenvalue weighted by molar-refractivity contribution is 7.26. The van der Waals surface area contributed by atoms with Crippen LogP contribution in [0.2, 0.25) is 0 Å². The fraction of sp³-hybridized carbons (Fsp3) is 0. The Morgan fingerprint density at radius 3 is 1.42 bits per heavy atom. The van der Waals surface area contributed by atoms with Crippen LogP contribution in [0.3, 0.4) is 0 Å². The van der Waals surface area contributed by atoms with Crippen molar-refractivity contribution in [3.05, 3.63) is 170 Å². The van der Waals surface area contributed by atoms with E-state index in [-0.39, 0.29) is 0 Å². The normalized spacial score (nSPS) is 11.8. The Balaban J connectivity index is 1.15. The third-order valence-electron chi connectivity index (χ3n) is 10.2. The zero-order chi connectivity index (χ0) is 34.2. The Kier molecular flexibility index (Phi) is 6.39. The molecule has 0 saturated heterocycles. The molecule has 11 aromatic rings. The van der Waals surface area contributed by atoms with Crippen LogP contribution in [0.15, 0.2) is 170 Å². The van der Waals surface area contributed by atoms with Crippen molar-refractivity contribution < 1.29 is 0 Å². The van der Waals surface area contributed by atoms with Crippen molar-refractivity contribution in [1.82, 2.24) is 19.5 Å². The van der Waals surface area contributed by atoms with Crippen molar-refractivity contribution in [1.29, 1.82) is 0 Å². The number of rotatable bonds is 4. The van der Waals surface area contributed by atoms with Gasteiger partial charge in [0.1, 0.15) is 0 Å². The molecule has 4 nitrogen and oxygen atoms in total. The highest BCUT2D eigenvalue weighted by Gasteiger charge is 2.19. The summed E-state index contributed by atoms with van der Waals surface area (Å²) in [6.45, 7) is 0. The van der Waals surface area contributed by atoms with Crippen LogP contribution in [-0.2, 0) is 0 Å². The van der Waals surface area contributed by atoms with Gasteiger partial charge in [-0.15, -0.1) is 11.3 Å².